The van der Waals surface area contributed by atoms with E-state index in [2.05, 4.69) is 20.6 Å². The number of nitrogens with zero attached hydrogens (tertiary/aromatic N) is 2. The number of hydrogen-bond donors (Lipinski definition) is 2. The second-order valence-corrected chi connectivity index (χ2v) is 8.50. The van der Waals surface area contributed by atoms with E-state index >= 15 is 0 Å². The van der Waals surface area contributed by atoms with E-state index in [1.54, 1.807) is 7.05 Å². The van der Waals surface area contributed by atoms with E-state index in [-0.39, 0.29) is 36.0 Å². The largest absolute Gasteiger partial charge is 0.462 e. The molecule has 1 unspecified atom stereocenters. The maximum absolute atomic E-state index is 12.0. The highest BCUT2D eigenvalue weighted by atomic mass is 127. The Bertz CT molecular complexity index is 683. The number of rotatable bonds is 7. The molecule has 2 N–H and O–H groups in total. The summed E-state index contributed by atoms with van der Waals surface area (Å²) in [5, 5.41) is 7.80. The van der Waals surface area contributed by atoms with Gasteiger partial charge in [0.2, 0.25) is 0 Å². The van der Waals surface area contributed by atoms with Crippen LogP contribution < -0.4 is 10.6 Å². The van der Waals surface area contributed by atoms with Gasteiger partial charge in [-0.15, -0.1) is 35.3 Å². The number of esters is 1. The molecular weight excluding hydrogens is 475 g/mol. The molecule has 1 aromatic rings. The van der Waals surface area contributed by atoms with Gasteiger partial charge in [-0.05, 0) is 57.8 Å². The van der Waals surface area contributed by atoms with Crippen molar-refractivity contribution in [3.05, 3.63) is 15.6 Å². The summed E-state index contributed by atoms with van der Waals surface area (Å²) in [6.07, 6.45) is 6.81. The molecule has 0 bridgehead atoms. The third kappa shape index (κ3) is 5.13. The molecule has 0 aliphatic heterocycles. The lowest BCUT2D eigenvalue weighted by atomic mass is 9.65. The average Bonchev–Trinajstić information content (AvgIpc) is 3.34. The molecule has 2 aliphatic rings. The molecule has 3 rings (SSSR count). The molecular formula is C19H31IN4O2S. The molecule has 0 aromatic carbocycles. The van der Waals surface area contributed by atoms with Crippen molar-refractivity contribution in [2.45, 2.75) is 58.9 Å². The van der Waals surface area contributed by atoms with Gasteiger partial charge in [0.25, 0.3) is 0 Å². The topological polar surface area (TPSA) is 75.6 Å². The van der Waals surface area contributed by atoms with Crippen LogP contribution in [0.15, 0.2) is 4.99 Å². The Balaban J connectivity index is 0.00000261. The van der Waals surface area contributed by atoms with Crippen LogP contribution >= 0.6 is 35.3 Å². The number of aliphatic imine (C=N–C) groups is 1. The normalized spacial score (nSPS) is 19.5. The lowest BCUT2D eigenvalue weighted by Crippen LogP contribution is -2.47. The number of guanidine groups is 1. The Kier molecular flexibility index (Phi) is 7.91. The first-order valence-electron chi connectivity index (χ1n) is 9.60. The van der Waals surface area contributed by atoms with Gasteiger partial charge in [-0.2, -0.15) is 0 Å². The van der Waals surface area contributed by atoms with Crippen LogP contribution in [0.1, 0.15) is 72.4 Å². The number of halogens is 1. The fourth-order valence-electron chi connectivity index (χ4n) is 3.77. The van der Waals surface area contributed by atoms with E-state index in [0.29, 0.717) is 16.9 Å². The van der Waals surface area contributed by atoms with E-state index in [4.69, 9.17) is 4.74 Å². The predicted octanol–water partition coefficient (Wildman–Crippen LogP) is 4.05. The van der Waals surface area contributed by atoms with E-state index in [0.717, 1.165) is 29.1 Å². The average molecular weight is 506 g/mol. The summed E-state index contributed by atoms with van der Waals surface area (Å²) in [7, 11) is 1.80. The molecule has 1 heterocycles. The van der Waals surface area contributed by atoms with Crippen LogP contribution in [-0.4, -0.2) is 37.1 Å². The van der Waals surface area contributed by atoms with Gasteiger partial charge >= 0.3 is 5.97 Å². The Morgan fingerprint density at radius 3 is 2.67 bits per heavy atom. The first-order valence-corrected chi connectivity index (χ1v) is 10.4. The third-order valence-corrected chi connectivity index (χ3v) is 6.94. The number of ether oxygens (including phenoxy) is 1. The van der Waals surface area contributed by atoms with Gasteiger partial charge in [0, 0.05) is 13.6 Å². The summed E-state index contributed by atoms with van der Waals surface area (Å²) in [6.45, 7) is 7.07. The number of hydrogen-bond acceptors (Lipinski definition) is 5. The van der Waals surface area contributed by atoms with Crippen LogP contribution in [0.3, 0.4) is 0 Å². The molecule has 0 saturated heterocycles. The monoisotopic (exact) mass is 506 g/mol. The molecule has 1 aromatic heterocycles. The molecule has 2 saturated carbocycles. The van der Waals surface area contributed by atoms with Crippen LogP contribution in [0.5, 0.6) is 0 Å². The summed E-state index contributed by atoms with van der Waals surface area (Å²) in [6, 6.07) is -0.0219. The first-order chi connectivity index (χ1) is 12.5. The highest BCUT2D eigenvalue weighted by molar-refractivity contribution is 14.0. The highest BCUT2D eigenvalue weighted by Gasteiger charge is 2.48. The summed E-state index contributed by atoms with van der Waals surface area (Å²) >= 11 is 1.39. The maximum Gasteiger partial charge on any atom is 0.350 e. The minimum atomic E-state index is -0.292. The van der Waals surface area contributed by atoms with Crippen molar-refractivity contribution in [1.29, 1.82) is 0 Å². The summed E-state index contributed by atoms with van der Waals surface area (Å²) in [5.74, 6) is 1.42. The molecule has 0 radical (unpaired) electrons. The zero-order chi connectivity index (χ0) is 18.7. The number of carbonyl (C=O) groups is 1. The van der Waals surface area contributed by atoms with Crippen LogP contribution in [0, 0.1) is 18.3 Å². The summed E-state index contributed by atoms with van der Waals surface area (Å²) in [5.41, 5.74) is 1.22. The number of aromatic nitrogens is 1. The first kappa shape index (κ1) is 22.4. The molecule has 8 heteroatoms. The second kappa shape index (κ2) is 9.54. The predicted molar refractivity (Wildman–Crippen MR) is 120 cm³/mol. The Morgan fingerprint density at radius 2 is 2.15 bits per heavy atom. The van der Waals surface area contributed by atoms with Gasteiger partial charge < -0.3 is 15.4 Å². The quantitative estimate of drug-likeness (QED) is 0.253. The van der Waals surface area contributed by atoms with Crippen LogP contribution in [0.4, 0.5) is 0 Å². The Labute approximate surface area is 183 Å². The number of nitrogens with one attached hydrogen (secondary N) is 2. The number of aryl methyl sites for hydroxylation is 1. The van der Waals surface area contributed by atoms with Crippen molar-refractivity contribution >= 4 is 47.2 Å². The molecule has 27 heavy (non-hydrogen) atoms. The van der Waals surface area contributed by atoms with Crippen molar-refractivity contribution in [1.82, 2.24) is 15.6 Å². The van der Waals surface area contributed by atoms with Crippen molar-refractivity contribution < 1.29 is 9.53 Å². The summed E-state index contributed by atoms with van der Waals surface area (Å²) < 4.78 is 5.10. The van der Waals surface area contributed by atoms with Crippen molar-refractivity contribution in [3.8, 4) is 0 Å². The van der Waals surface area contributed by atoms with Gasteiger partial charge in [-0.25, -0.2) is 9.78 Å². The van der Waals surface area contributed by atoms with Crippen molar-refractivity contribution in [3.63, 3.8) is 0 Å². The van der Waals surface area contributed by atoms with E-state index in [1.165, 1.54) is 43.4 Å². The fraction of sp³-hybridized carbons (Fsp3) is 0.737. The number of carbonyl (C=O) groups excluding carboxylic acids is 1. The van der Waals surface area contributed by atoms with Crippen LogP contribution in [0.2, 0.25) is 0 Å². The molecule has 2 fully saturated rings. The molecule has 6 nitrogen and oxygen atoms in total. The lowest BCUT2D eigenvalue weighted by Gasteiger charge is -2.43. The van der Waals surface area contributed by atoms with Gasteiger partial charge in [0.1, 0.15) is 9.88 Å². The standard InChI is InChI=1S/C19H30N4O2S.HI/c1-5-25-17(24)15-12(2)22-16(26-15)13(3)23-18(20-4)21-11-19(9-6-10-19)14-7-8-14;/h13-14H,5-11H2,1-4H3,(H2,20,21,23);1H. The van der Waals surface area contributed by atoms with E-state index < -0.39 is 0 Å². The van der Waals surface area contributed by atoms with Crippen molar-refractivity contribution in [2.24, 2.45) is 16.3 Å². The maximum atomic E-state index is 12.0. The van der Waals surface area contributed by atoms with Gasteiger partial charge in [0.15, 0.2) is 5.96 Å². The molecule has 1 atom stereocenters. The van der Waals surface area contributed by atoms with E-state index in [1.807, 2.05) is 20.8 Å². The minimum Gasteiger partial charge on any atom is -0.462 e. The van der Waals surface area contributed by atoms with Crippen LogP contribution in [0.25, 0.3) is 0 Å². The van der Waals surface area contributed by atoms with Crippen LogP contribution in [-0.2, 0) is 4.74 Å². The Hall–Kier alpha value is -0.900. The highest BCUT2D eigenvalue weighted by Crippen LogP contribution is 2.56. The fourth-order valence-corrected chi connectivity index (χ4v) is 4.73. The molecule has 0 amide bonds. The zero-order valence-corrected chi connectivity index (χ0v) is 19.8. The van der Waals surface area contributed by atoms with E-state index in [9.17, 15) is 4.79 Å². The van der Waals surface area contributed by atoms with Gasteiger partial charge in [0.05, 0.1) is 18.3 Å². The molecule has 152 valence electrons. The minimum absolute atomic E-state index is 0. The second-order valence-electron chi connectivity index (χ2n) is 7.47. The zero-order valence-electron chi connectivity index (χ0n) is 16.6. The molecule has 0 spiro atoms. The molecule has 2 aliphatic carbocycles. The smallest absolute Gasteiger partial charge is 0.350 e. The van der Waals surface area contributed by atoms with Crippen molar-refractivity contribution in [2.75, 3.05) is 20.2 Å². The lowest BCUT2D eigenvalue weighted by molar-refractivity contribution is 0.0531. The SMILES string of the molecule is CCOC(=O)c1sc(C(C)NC(=NC)NCC2(C3CC3)CCC2)nc1C.I. The number of thiazole rings is 1. The summed E-state index contributed by atoms with van der Waals surface area (Å²) in [4.78, 5) is 21.5. The van der Waals surface area contributed by atoms with Gasteiger partial charge in [-0.3, -0.25) is 4.99 Å². The van der Waals surface area contributed by atoms with Gasteiger partial charge in [-0.1, -0.05) is 6.42 Å². The third-order valence-electron chi connectivity index (χ3n) is 5.62. The Morgan fingerprint density at radius 1 is 1.44 bits per heavy atom.